The Morgan fingerprint density at radius 2 is 1.73 bits per heavy atom. The molecule has 0 bridgehead atoms. The van der Waals surface area contributed by atoms with Crippen molar-refractivity contribution in [2.75, 3.05) is 19.6 Å². The zero-order valence-corrected chi connectivity index (χ0v) is 22.9. The standard InChI is InChI=1S/C30H46N2S/c1-7-8-9-22(2)12-17-32-18-13-23(14-19-32)28-31-27(21-33-28)24-10-11-25-26(20-24)30(5,6)16-15-29(25,3)4/h10-11,20-23H,7-9,12-19H2,1-6H3. The summed E-state index contributed by atoms with van der Waals surface area (Å²) in [6.45, 7) is 18.1. The minimum absolute atomic E-state index is 0.251. The van der Waals surface area contributed by atoms with Gasteiger partial charge in [-0.1, -0.05) is 72.9 Å². The first-order valence-electron chi connectivity index (χ1n) is 13.5. The SMILES string of the molecule is CCCCC(C)CCN1CCC(c2nc(-c3ccc4c(c3)C(C)(C)CCC4(C)C)cs2)CC1. The highest BCUT2D eigenvalue weighted by atomic mass is 32.1. The van der Waals surface area contributed by atoms with Crippen molar-refractivity contribution in [2.24, 2.45) is 5.92 Å². The number of thiazole rings is 1. The fourth-order valence-corrected chi connectivity index (χ4v) is 6.86. The molecular weight excluding hydrogens is 420 g/mol. The number of nitrogens with zero attached hydrogens (tertiary/aromatic N) is 2. The lowest BCUT2D eigenvalue weighted by Crippen LogP contribution is -2.34. The average molecular weight is 467 g/mol. The Labute approximate surface area is 207 Å². The van der Waals surface area contributed by atoms with Crippen molar-refractivity contribution < 1.29 is 0 Å². The molecule has 4 rings (SSSR count). The molecule has 1 saturated heterocycles. The van der Waals surface area contributed by atoms with E-state index in [9.17, 15) is 0 Å². The number of aromatic nitrogens is 1. The van der Waals surface area contributed by atoms with E-state index in [0.29, 0.717) is 5.92 Å². The maximum absolute atomic E-state index is 5.17. The molecule has 2 aromatic rings. The predicted molar refractivity (Wildman–Crippen MR) is 145 cm³/mol. The second-order valence-corrected chi connectivity index (χ2v) is 13.1. The molecule has 1 aromatic carbocycles. The molecule has 3 heteroatoms. The van der Waals surface area contributed by atoms with Gasteiger partial charge in [-0.15, -0.1) is 11.3 Å². The van der Waals surface area contributed by atoms with Crippen LogP contribution in [-0.4, -0.2) is 29.5 Å². The van der Waals surface area contributed by atoms with Gasteiger partial charge in [0, 0.05) is 16.9 Å². The molecular formula is C30H46N2S. The van der Waals surface area contributed by atoms with Crippen LogP contribution in [0.5, 0.6) is 0 Å². The fraction of sp³-hybridized carbons (Fsp3) is 0.700. The van der Waals surface area contributed by atoms with Crippen LogP contribution in [0.2, 0.25) is 0 Å². The van der Waals surface area contributed by atoms with Crippen LogP contribution in [0.1, 0.15) is 115 Å². The first-order chi connectivity index (χ1) is 15.7. The van der Waals surface area contributed by atoms with Crippen molar-refractivity contribution in [3.63, 3.8) is 0 Å². The van der Waals surface area contributed by atoms with Gasteiger partial charge in [-0.3, -0.25) is 0 Å². The van der Waals surface area contributed by atoms with Crippen molar-refractivity contribution >= 4 is 11.3 Å². The highest BCUT2D eigenvalue weighted by Crippen LogP contribution is 2.47. The molecule has 1 atom stereocenters. The van der Waals surface area contributed by atoms with Gasteiger partial charge in [0.1, 0.15) is 0 Å². The Morgan fingerprint density at radius 1 is 1.03 bits per heavy atom. The lowest BCUT2D eigenvalue weighted by atomic mass is 9.63. The number of piperidine rings is 1. The molecule has 0 saturated carbocycles. The molecule has 1 aliphatic heterocycles. The van der Waals surface area contributed by atoms with Gasteiger partial charge in [0.25, 0.3) is 0 Å². The predicted octanol–water partition coefficient (Wildman–Crippen LogP) is 8.55. The smallest absolute Gasteiger partial charge is 0.0964 e. The van der Waals surface area contributed by atoms with Crippen molar-refractivity contribution in [2.45, 2.75) is 110 Å². The van der Waals surface area contributed by atoms with Gasteiger partial charge in [-0.25, -0.2) is 4.98 Å². The molecule has 0 radical (unpaired) electrons. The molecule has 1 unspecified atom stereocenters. The lowest BCUT2D eigenvalue weighted by Gasteiger charge is -2.42. The van der Waals surface area contributed by atoms with Gasteiger partial charge in [0.15, 0.2) is 0 Å². The number of fused-ring (bicyclic) bond motifs is 1. The molecule has 0 amide bonds. The summed E-state index contributed by atoms with van der Waals surface area (Å²) in [7, 11) is 0. The average Bonchev–Trinajstić information content (AvgIpc) is 3.30. The number of hydrogen-bond donors (Lipinski definition) is 0. The van der Waals surface area contributed by atoms with Crippen LogP contribution in [0.15, 0.2) is 23.6 Å². The van der Waals surface area contributed by atoms with Crippen LogP contribution >= 0.6 is 11.3 Å². The maximum atomic E-state index is 5.17. The third kappa shape index (κ3) is 5.73. The van der Waals surface area contributed by atoms with E-state index in [1.54, 1.807) is 0 Å². The van der Waals surface area contributed by atoms with E-state index in [4.69, 9.17) is 4.98 Å². The van der Waals surface area contributed by atoms with E-state index in [0.717, 1.165) is 5.92 Å². The van der Waals surface area contributed by atoms with Crippen LogP contribution < -0.4 is 0 Å². The summed E-state index contributed by atoms with van der Waals surface area (Å²) in [4.78, 5) is 7.87. The number of rotatable bonds is 8. The van der Waals surface area contributed by atoms with E-state index in [1.165, 1.54) is 98.4 Å². The molecule has 1 aromatic heterocycles. The Hall–Kier alpha value is -1.19. The molecule has 1 fully saturated rings. The number of unbranched alkanes of at least 4 members (excludes halogenated alkanes) is 1. The third-order valence-electron chi connectivity index (χ3n) is 8.60. The number of benzene rings is 1. The van der Waals surface area contributed by atoms with Gasteiger partial charge >= 0.3 is 0 Å². The van der Waals surface area contributed by atoms with Crippen molar-refractivity contribution in [1.29, 1.82) is 0 Å². The summed E-state index contributed by atoms with van der Waals surface area (Å²) in [5, 5.41) is 3.66. The summed E-state index contributed by atoms with van der Waals surface area (Å²) < 4.78 is 0. The third-order valence-corrected chi connectivity index (χ3v) is 9.60. The molecule has 2 aliphatic rings. The molecule has 33 heavy (non-hydrogen) atoms. The highest BCUT2D eigenvalue weighted by molar-refractivity contribution is 7.10. The normalized spacial score (nSPS) is 21.6. The second-order valence-electron chi connectivity index (χ2n) is 12.3. The van der Waals surface area contributed by atoms with Gasteiger partial charge < -0.3 is 4.90 Å². The zero-order chi connectivity index (χ0) is 23.6. The Morgan fingerprint density at radius 3 is 2.42 bits per heavy atom. The quantitative estimate of drug-likeness (QED) is 0.387. The molecule has 2 heterocycles. The minimum atomic E-state index is 0.251. The van der Waals surface area contributed by atoms with E-state index >= 15 is 0 Å². The Bertz CT molecular complexity index is 917. The van der Waals surface area contributed by atoms with Crippen LogP contribution in [0.4, 0.5) is 0 Å². The van der Waals surface area contributed by atoms with E-state index < -0.39 is 0 Å². The van der Waals surface area contributed by atoms with E-state index in [-0.39, 0.29) is 10.8 Å². The van der Waals surface area contributed by atoms with Gasteiger partial charge in [-0.05, 0) is 85.7 Å². The molecule has 1 aliphatic carbocycles. The second kappa shape index (κ2) is 10.2. The monoisotopic (exact) mass is 466 g/mol. The summed E-state index contributed by atoms with van der Waals surface area (Å²) >= 11 is 1.89. The number of likely N-dealkylation sites (tertiary alicyclic amines) is 1. The molecule has 0 N–H and O–H groups in total. The van der Waals surface area contributed by atoms with E-state index in [2.05, 4.69) is 70.0 Å². The number of hydrogen-bond acceptors (Lipinski definition) is 3. The summed E-state index contributed by atoms with van der Waals surface area (Å²) in [5.41, 5.74) is 6.09. The Balaban J connectivity index is 1.38. The highest BCUT2D eigenvalue weighted by Gasteiger charge is 2.37. The van der Waals surface area contributed by atoms with Crippen LogP contribution in [0, 0.1) is 5.92 Å². The van der Waals surface area contributed by atoms with Crippen molar-refractivity contribution in [1.82, 2.24) is 9.88 Å². The maximum Gasteiger partial charge on any atom is 0.0964 e. The van der Waals surface area contributed by atoms with Gasteiger partial charge in [0.05, 0.1) is 10.7 Å². The van der Waals surface area contributed by atoms with Gasteiger partial charge in [-0.2, -0.15) is 0 Å². The van der Waals surface area contributed by atoms with Crippen molar-refractivity contribution in [3.05, 3.63) is 39.7 Å². The molecule has 182 valence electrons. The van der Waals surface area contributed by atoms with Gasteiger partial charge in [0.2, 0.25) is 0 Å². The first-order valence-corrected chi connectivity index (χ1v) is 14.4. The molecule has 2 nitrogen and oxygen atoms in total. The van der Waals surface area contributed by atoms with Crippen molar-refractivity contribution in [3.8, 4) is 11.3 Å². The van der Waals surface area contributed by atoms with Crippen LogP contribution in [-0.2, 0) is 10.8 Å². The fourth-order valence-electron chi connectivity index (χ4n) is 5.86. The zero-order valence-electron chi connectivity index (χ0n) is 22.0. The summed E-state index contributed by atoms with van der Waals surface area (Å²) in [5.74, 6) is 1.52. The lowest BCUT2D eigenvalue weighted by molar-refractivity contribution is 0.198. The molecule has 0 spiro atoms. The topological polar surface area (TPSA) is 16.1 Å². The summed E-state index contributed by atoms with van der Waals surface area (Å²) in [6, 6.07) is 7.17. The van der Waals surface area contributed by atoms with Crippen LogP contribution in [0.25, 0.3) is 11.3 Å². The first kappa shape index (κ1) is 24.9. The summed E-state index contributed by atoms with van der Waals surface area (Å²) in [6.07, 6.45) is 10.5. The van der Waals surface area contributed by atoms with Crippen LogP contribution in [0.3, 0.4) is 0 Å². The minimum Gasteiger partial charge on any atom is -0.303 e. The van der Waals surface area contributed by atoms with E-state index in [1.807, 2.05) is 11.3 Å². The Kier molecular flexibility index (Phi) is 7.70. The largest absolute Gasteiger partial charge is 0.303 e.